The van der Waals surface area contributed by atoms with Crippen LogP contribution in [0.15, 0.2) is 18.2 Å². The van der Waals surface area contributed by atoms with E-state index in [1.807, 2.05) is 13.8 Å². The maximum atomic E-state index is 13.9. The second-order valence-corrected chi connectivity index (χ2v) is 9.67. The number of aromatic nitrogens is 1. The minimum Gasteiger partial charge on any atom is -0.449 e. The van der Waals surface area contributed by atoms with Crippen LogP contribution in [0, 0.1) is 19.7 Å². The fourth-order valence-corrected chi connectivity index (χ4v) is 4.72. The number of hydrogen-bond donors (Lipinski definition) is 3. The number of hydrogen-bond acceptors (Lipinski definition) is 6. The number of benzene rings is 1. The first-order valence-electron chi connectivity index (χ1n) is 13.6. The molecule has 0 radical (unpaired) electrons. The van der Waals surface area contributed by atoms with Crippen LogP contribution in [0.5, 0.6) is 0 Å². The standard InChI is InChI=1S/C29H40FN5O4.3ClH/c1-5-34(6-2)14-15-35(29(38)39-16-10-8-7-9-13-31)28(37)26-19(3)25(32-20(26)4)18-23-22-17-21(30)11-12-24(22)33-27(23)36;;;/h11-12,17-18,32H,5-10,13-16,31H2,1-4H3,(H,33,36);3*1H. The summed E-state index contributed by atoms with van der Waals surface area (Å²) in [4.78, 5) is 45.9. The van der Waals surface area contributed by atoms with Crippen LogP contribution in [0.3, 0.4) is 0 Å². The number of halogens is 4. The molecule has 42 heavy (non-hydrogen) atoms. The first kappa shape index (κ1) is 39.4. The zero-order valence-corrected chi connectivity index (χ0v) is 27.0. The third-order valence-electron chi connectivity index (χ3n) is 7.07. The highest BCUT2D eigenvalue weighted by molar-refractivity contribution is 6.35. The molecule has 0 aliphatic carbocycles. The molecule has 1 aromatic carbocycles. The average molecular weight is 651 g/mol. The summed E-state index contributed by atoms with van der Waals surface area (Å²) in [6.07, 6.45) is 4.42. The third-order valence-corrected chi connectivity index (χ3v) is 7.07. The number of imide groups is 1. The fourth-order valence-electron chi connectivity index (χ4n) is 4.72. The van der Waals surface area contributed by atoms with Crippen molar-refractivity contribution in [2.24, 2.45) is 5.73 Å². The number of anilines is 1. The summed E-state index contributed by atoms with van der Waals surface area (Å²) in [7, 11) is 0. The average Bonchev–Trinajstić information content (AvgIpc) is 3.37. The maximum absolute atomic E-state index is 13.9. The van der Waals surface area contributed by atoms with Crippen molar-refractivity contribution >= 4 is 72.5 Å². The molecule has 1 aromatic heterocycles. The summed E-state index contributed by atoms with van der Waals surface area (Å²) < 4.78 is 19.4. The van der Waals surface area contributed by atoms with Crippen molar-refractivity contribution < 1.29 is 23.5 Å². The molecule has 0 saturated carbocycles. The number of aromatic amines is 1. The molecule has 0 unspecified atom stereocenters. The second-order valence-electron chi connectivity index (χ2n) is 9.67. The zero-order valence-electron chi connectivity index (χ0n) is 24.6. The van der Waals surface area contributed by atoms with E-state index in [0.717, 1.165) is 37.3 Å². The molecule has 2 heterocycles. The summed E-state index contributed by atoms with van der Waals surface area (Å²) in [5.41, 5.74) is 8.83. The van der Waals surface area contributed by atoms with Crippen molar-refractivity contribution in [2.75, 3.05) is 44.6 Å². The molecule has 0 atom stereocenters. The summed E-state index contributed by atoms with van der Waals surface area (Å²) in [6.45, 7) is 10.7. The number of nitrogens with zero attached hydrogens (tertiary/aromatic N) is 2. The van der Waals surface area contributed by atoms with Gasteiger partial charge in [-0.25, -0.2) is 14.1 Å². The first-order valence-corrected chi connectivity index (χ1v) is 13.6. The van der Waals surface area contributed by atoms with Crippen molar-refractivity contribution in [3.05, 3.63) is 52.1 Å². The van der Waals surface area contributed by atoms with Gasteiger partial charge in [-0.2, -0.15) is 0 Å². The second kappa shape index (κ2) is 18.8. The molecule has 9 nitrogen and oxygen atoms in total. The van der Waals surface area contributed by atoms with Crippen LogP contribution in [0.1, 0.15) is 72.4 Å². The third kappa shape index (κ3) is 9.70. The maximum Gasteiger partial charge on any atom is 0.416 e. The SMILES string of the molecule is CCN(CC)CCN(C(=O)OCCCCCCN)C(=O)c1c(C)[nH]c(C=C2C(=O)Nc3ccc(F)cc32)c1C.Cl.Cl.Cl. The highest BCUT2D eigenvalue weighted by Gasteiger charge is 2.30. The molecule has 2 aromatic rings. The Morgan fingerprint density at radius 3 is 2.33 bits per heavy atom. The highest BCUT2D eigenvalue weighted by Crippen LogP contribution is 2.34. The van der Waals surface area contributed by atoms with Crippen LogP contribution in [0.4, 0.5) is 14.9 Å². The van der Waals surface area contributed by atoms with E-state index in [4.69, 9.17) is 10.5 Å². The van der Waals surface area contributed by atoms with Gasteiger partial charge in [0.1, 0.15) is 5.82 Å². The normalized spacial score (nSPS) is 12.6. The van der Waals surface area contributed by atoms with Gasteiger partial charge < -0.3 is 25.7 Å². The number of nitrogens with one attached hydrogen (secondary N) is 2. The smallest absolute Gasteiger partial charge is 0.416 e. The van der Waals surface area contributed by atoms with E-state index >= 15 is 0 Å². The highest BCUT2D eigenvalue weighted by atomic mass is 35.5. The Balaban J connectivity index is 0.00000560. The molecular formula is C29H43Cl3FN5O4. The van der Waals surface area contributed by atoms with Crippen molar-refractivity contribution in [3.8, 4) is 0 Å². The molecule has 1 aliphatic rings. The number of fused-ring (bicyclic) bond motifs is 1. The van der Waals surface area contributed by atoms with Crippen LogP contribution in [-0.4, -0.2) is 72.0 Å². The quantitative estimate of drug-likeness (QED) is 0.182. The van der Waals surface area contributed by atoms with Crippen LogP contribution >= 0.6 is 37.2 Å². The number of nitrogens with two attached hydrogens (primary N) is 1. The Labute approximate surface area is 266 Å². The van der Waals surface area contributed by atoms with Gasteiger partial charge in [0.25, 0.3) is 11.8 Å². The van der Waals surface area contributed by atoms with Gasteiger partial charge in [-0.3, -0.25) is 9.59 Å². The molecule has 3 rings (SSSR count). The van der Waals surface area contributed by atoms with E-state index in [-0.39, 0.29) is 56.3 Å². The van der Waals surface area contributed by atoms with Gasteiger partial charge in [-0.1, -0.05) is 26.7 Å². The first-order chi connectivity index (χ1) is 18.7. The lowest BCUT2D eigenvalue weighted by atomic mass is 10.0. The number of likely N-dealkylation sites (N-methyl/N-ethyl adjacent to an activating group) is 1. The number of carbonyl (C=O) groups is 3. The number of carbonyl (C=O) groups excluding carboxylic acids is 3. The Kier molecular flexibility index (Phi) is 17.6. The Bertz CT molecular complexity index is 1230. The number of amides is 3. The Hall–Kier alpha value is -2.63. The molecule has 236 valence electrons. The van der Waals surface area contributed by atoms with Crippen LogP contribution in [0.25, 0.3) is 11.6 Å². The lowest BCUT2D eigenvalue weighted by molar-refractivity contribution is -0.110. The monoisotopic (exact) mass is 649 g/mol. The number of H-pyrrole nitrogens is 1. The van der Waals surface area contributed by atoms with Crippen molar-refractivity contribution in [2.45, 2.75) is 53.4 Å². The van der Waals surface area contributed by atoms with Crippen molar-refractivity contribution in [3.63, 3.8) is 0 Å². The van der Waals surface area contributed by atoms with Gasteiger partial charge in [0.2, 0.25) is 0 Å². The van der Waals surface area contributed by atoms with Gasteiger partial charge in [0.15, 0.2) is 0 Å². The number of rotatable bonds is 13. The number of aryl methyl sites for hydroxylation is 1. The summed E-state index contributed by atoms with van der Waals surface area (Å²) in [6, 6.07) is 4.11. The van der Waals surface area contributed by atoms with Crippen LogP contribution in [-0.2, 0) is 9.53 Å². The topological polar surface area (TPSA) is 121 Å². The van der Waals surface area contributed by atoms with Crippen molar-refractivity contribution in [1.29, 1.82) is 0 Å². The minimum absolute atomic E-state index is 0. The predicted molar refractivity (Wildman–Crippen MR) is 173 cm³/mol. The van der Waals surface area contributed by atoms with Gasteiger partial charge in [-0.15, -0.1) is 37.2 Å². The summed E-state index contributed by atoms with van der Waals surface area (Å²) in [5, 5.41) is 2.73. The Morgan fingerprint density at radius 1 is 1.02 bits per heavy atom. The predicted octanol–water partition coefficient (Wildman–Crippen LogP) is 5.97. The number of unbranched alkanes of at least 4 members (excludes halogenated alkanes) is 3. The molecule has 0 bridgehead atoms. The van der Waals surface area contributed by atoms with Gasteiger partial charge in [-0.05, 0) is 76.2 Å². The van der Waals surface area contributed by atoms with Crippen LogP contribution < -0.4 is 11.1 Å². The van der Waals surface area contributed by atoms with E-state index in [0.29, 0.717) is 58.8 Å². The van der Waals surface area contributed by atoms with Gasteiger partial charge in [0.05, 0.1) is 17.7 Å². The van der Waals surface area contributed by atoms with E-state index in [1.165, 1.54) is 18.2 Å². The lowest BCUT2D eigenvalue weighted by Gasteiger charge is -2.25. The molecule has 4 N–H and O–H groups in total. The molecule has 1 aliphatic heterocycles. The van der Waals surface area contributed by atoms with Crippen LogP contribution in [0.2, 0.25) is 0 Å². The molecule has 0 saturated heterocycles. The molecular weight excluding hydrogens is 608 g/mol. The minimum atomic E-state index is -0.676. The Morgan fingerprint density at radius 2 is 1.69 bits per heavy atom. The van der Waals surface area contributed by atoms with E-state index in [9.17, 15) is 18.8 Å². The summed E-state index contributed by atoms with van der Waals surface area (Å²) in [5.74, 6) is -1.27. The van der Waals surface area contributed by atoms with Gasteiger partial charge in [0, 0.05) is 35.7 Å². The zero-order chi connectivity index (χ0) is 28.5. The summed E-state index contributed by atoms with van der Waals surface area (Å²) >= 11 is 0. The molecule has 3 amide bonds. The van der Waals surface area contributed by atoms with Crippen molar-refractivity contribution in [1.82, 2.24) is 14.8 Å². The molecule has 13 heteroatoms. The lowest BCUT2D eigenvalue weighted by Crippen LogP contribution is -2.43. The molecule has 0 spiro atoms. The fraction of sp³-hybridized carbons (Fsp3) is 0.483. The number of ether oxygens (including phenoxy) is 1. The molecule has 0 fully saturated rings. The largest absolute Gasteiger partial charge is 0.449 e. The van der Waals surface area contributed by atoms with E-state index in [1.54, 1.807) is 19.9 Å². The van der Waals surface area contributed by atoms with E-state index in [2.05, 4.69) is 15.2 Å². The van der Waals surface area contributed by atoms with Gasteiger partial charge >= 0.3 is 6.09 Å². The van der Waals surface area contributed by atoms with E-state index < -0.39 is 17.8 Å².